The number of nitrogens with zero attached hydrogens (tertiary/aromatic N) is 1. The molecule has 0 aromatic carbocycles. The lowest BCUT2D eigenvalue weighted by molar-refractivity contribution is 0.225. The number of hydrogen-bond donors (Lipinski definition) is 1. The van der Waals surface area contributed by atoms with Crippen LogP contribution in [-0.4, -0.2) is 36.0 Å². The average Bonchev–Trinajstić information content (AvgIpc) is 2.68. The predicted octanol–water partition coefficient (Wildman–Crippen LogP) is 2.11. The third-order valence-corrected chi connectivity index (χ3v) is 4.98. The van der Waals surface area contributed by atoms with E-state index in [9.17, 15) is 0 Å². The van der Waals surface area contributed by atoms with Crippen LogP contribution in [0.4, 0.5) is 0 Å². The molecule has 1 aliphatic rings. The molecule has 0 aliphatic carbocycles. The summed E-state index contributed by atoms with van der Waals surface area (Å²) in [5.74, 6) is 2.50. The highest BCUT2D eigenvalue weighted by Gasteiger charge is 2.23. The molecule has 1 aliphatic heterocycles. The van der Waals surface area contributed by atoms with Crippen LogP contribution in [0.2, 0.25) is 0 Å². The SMILES string of the molecule is Cc1ccsc1C(CN)N1CCSCC1. The lowest BCUT2D eigenvalue weighted by Crippen LogP contribution is -2.39. The zero-order valence-corrected chi connectivity index (χ0v) is 10.7. The molecule has 84 valence electrons. The average molecular weight is 242 g/mol. The zero-order chi connectivity index (χ0) is 10.7. The molecule has 2 heterocycles. The van der Waals surface area contributed by atoms with Gasteiger partial charge in [-0.1, -0.05) is 0 Å². The molecule has 0 saturated carbocycles. The second-order valence-electron chi connectivity index (χ2n) is 3.87. The van der Waals surface area contributed by atoms with E-state index in [-0.39, 0.29) is 0 Å². The van der Waals surface area contributed by atoms with Gasteiger partial charge in [0.05, 0.1) is 6.04 Å². The molecule has 2 N–H and O–H groups in total. The van der Waals surface area contributed by atoms with Crippen LogP contribution in [-0.2, 0) is 0 Å². The Morgan fingerprint density at radius 2 is 2.20 bits per heavy atom. The Labute approximate surface area is 99.8 Å². The van der Waals surface area contributed by atoms with E-state index >= 15 is 0 Å². The van der Waals surface area contributed by atoms with Crippen molar-refractivity contribution >= 4 is 23.1 Å². The molecular weight excluding hydrogens is 224 g/mol. The molecule has 1 aromatic rings. The van der Waals surface area contributed by atoms with Gasteiger partial charge in [-0.05, 0) is 23.9 Å². The lowest BCUT2D eigenvalue weighted by atomic mass is 10.1. The van der Waals surface area contributed by atoms with E-state index in [2.05, 4.69) is 23.3 Å². The lowest BCUT2D eigenvalue weighted by Gasteiger charge is -2.33. The molecule has 0 amide bonds. The smallest absolute Gasteiger partial charge is 0.0567 e. The quantitative estimate of drug-likeness (QED) is 0.880. The summed E-state index contributed by atoms with van der Waals surface area (Å²) in [6.07, 6.45) is 0. The summed E-state index contributed by atoms with van der Waals surface area (Å²) in [5, 5.41) is 2.17. The number of thiophene rings is 1. The first-order chi connectivity index (χ1) is 7.33. The Balaban J connectivity index is 2.12. The summed E-state index contributed by atoms with van der Waals surface area (Å²) in [4.78, 5) is 4.00. The van der Waals surface area contributed by atoms with Crippen molar-refractivity contribution in [1.82, 2.24) is 4.90 Å². The molecule has 0 bridgehead atoms. The molecular formula is C11H18N2S2. The van der Waals surface area contributed by atoms with Crippen LogP contribution in [0.3, 0.4) is 0 Å². The van der Waals surface area contributed by atoms with Gasteiger partial charge in [0.25, 0.3) is 0 Å². The van der Waals surface area contributed by atoms with Gasteiger partial charge in [0.15, 0.2) is 0 Å². The van der Waals surface area contributed by atoms with Gasteiger partial charge in [0.2, 0.25) is 0 Å². The fraction of sp³-hybridized carbons (Fsp3) is 0.636. The third kappa shape index (κ3) is 2.56. The van der Waals surface area contributed by atoms with Crippen molar-refractivity contribution in [1.29, 1.82) is 0 Å². The topological polar surface area (TPSA) is 29.3 Å². The molecule has 15 heavy (non-hydrogen) atoms. The Bertz CT molecular complexity index is 305. The van der Waals surface area contributed by atoms with Crippen LogP contribution >= 0.6 is 23.1 Å². The maximum Gasteiger partial charge on any atom is 0.0567 e. The van der Waals surface area contributed by atoms with E-state index in [1.165, 1.54) is 35.0 Å². The van der Waals surface area contributed by atoms with Gasteiger partial charge in [-0.3, -0.25) is 4.90 Å². The van der Waals surface area contributed by atoms with Crippen molar-refractivity contribution in [3.63, 3.8) is 0 Å². The van der Waals surface area contributed by atoms with Crippen LogP contribution in [0.1, 0.15) is 16.5 Å². The first-order valence-electron chi connectivity index (χ1n) is 5.39. The standard InChI is InChI=1S/C11H18N2S2/c1-9-2-5-15-11(9)10(8-12)13-3-6-14-7-4-13/h2,5,10H,3-4,6-8,12H2,1H3. The van der Waals surface area contributed by atoms with Gasteiger partial charge in [-0.15, -0.1) is 11.3 Å². The second kappa shape index (κ2) is 5.34. The highest BCUT2D eigenvalue weighted by atomic mass is 32.2. The zero-order valence-electron chi connectivity index (χ0n) is 9.11. The maximum atomic E-state index is 5.92. The molecule has 1 fully saturated rings. The molecule has 4 heteroatoms. The monoisotopic (exact) mass is 242 g/mol. The van der Waals surface area contributed by atoms with Gasteiger partial charge < -0.3 is 5.73 Å². The van der Waals surface area contributed by atoms with E-state index in [0.717, 1.165) is 6.54 Å². The molecule has 0 radical (unpaired) electrons. The van der Waals surface area contributed by atoms with Crippen molar-refractivity contribution in [3.8, 4) is 0 Å². The van der Waals surface area contributed by atoms with Crippen molar-refractivity contribution < 1.29 is 0 Å². The summed E-state index contributed by atoms with van der Waals surface area (Å²) in [5.41, 5.74) is 7.32. The van der Waals surface area contributed by atoms with Gasteiger partial charge >= 0.3 is 0 Å². The fourth-order valence-electron chi connectivity index (χ4n) is 2.04. The van der Waals surface area contributed by atoms with Crippen LogP contribution in [0, 0.1) is 6.92 Å². The molecule has 2 nitrogen and oxygen atoms in total. The minimum absolute atomic E-state index is 0.450. The Morgan fingerprint density at radius 3 is 2.73 bits per heavy atom. The summed E-state index contributed by atoms with van der Waals surface area (Å²) >= 11 is 3.90. The molecule has 1 unspecified atom stereocenters. The van der Waals surface area contributed by atoms with Crippen LogP contribution < -0.4 is 5.73 Å². The number of aryl methyl sites for hydroxylation is 1. The first-order valence-corrected chi connectivity index (χ1v) is 7.42. The number of thioether (sulfide) groups is 1. The van der Waals surface area contributed by atoms with Crippen molar-refractivity contribution in [2.24, 2.45) is 5.73 Å². The Kier molecular flexibility index (Phi) is 4.08. The van der Waals surface area contributed by atoms with E-state index in [1.807, 2.05) is 23.1 Å². The van der Waals surface area contributed by atoms with Crippen LogP contribution in [0.25, 0.3) is 0 Å². The highest BCUT2D eigenvalue weighted by molar-refractivity contribution is 7.99. The van der Waals surface area contributed by atoms with E-state index in [1.54, 1.807) is 0 Å². The number of rotatable bonds is 3. The summed E-state index contributed by atoms with van der Waals surface area (Å²) in [6, 6.07) is 2.65. The van der Waals surface area contributed by atoms with Crippen molar-refractivity contribution in [2.45, 2.75) is 13.0 Å². The van der Waals surface area contributed by atoms with Gasteiger partial charge in [0, 0.05) is 36.0 Å². The summed E-state index contributed by atoms with van der Waals surface area (Å²) < 4.78 is 0. The second-order valence-corrected chi connectivity index (χ2v) is 6.04. The van der Waals surface area contributed by atoms with Crippen LogP contribution in [0.15, 0.2) is 11.4 Å². The molecule has 2 rings (SSSR count). The van der Waals surface area contributed by atoms with E-state index in [0.29, 0.717) is 6.04 Å². The predicted molar refractivity (Wildman–Crippen MR) is 69.7 cm³/mol. The van der Waals surface area contributed by atoms with Crippen LogP contribution in [0.5, 0.6) is 0 Å². The summed E-state index contributed by atoms with van der Waals surface area (Å²) in [7, 11) is 0. The van der Waals surface area contributed by atoms with Gasteiger partial charge in [-0.2, -0.15) is 11.8 Å². The Hall–Kier alpha value is -0.0300. The fourth-order valence-corrected chi connectivity index (χ4v) is 4.04. The highest BCUT2D eigenvalue weighted by Crippen LogP contribution is 2.29. The normalized spacial score (nSPS) is 20.4. The molecule has 1 aromatic heterocycles. The minimum Gasteiger partial charge on any atom is -0.329 e. The molecule has 1 atom stereocenters. The Morgan fingerprint density at radius 1 is 1.47 bits per heavy atom. The van der Waals surface area contributed by atoms with Crippen molar-refractivity contribution in [3.05, 3.63) is 21.9 Å². The third-order valence-electron chi connectivity index (χ3n) is 2.91. The van der Waals surface area contributed by atoms with Gasteiger partial charge in [-0.25, -0.2) is 0 Å². The summed E-state index contributed by atoms with van der Waals surface area (Å²) in [6.45, 7) is 5.30. The van der Waals surface area contributed by atoms with Gasteiger partial charge in [0.1, 0.15) is 0 Å². The largest absolute Gasteiger partial charge is 0.329 e. The maximum absolute atomic E-state index is 5.92. The van der Waals surface area contributed by atoms with E-state index in [4.69, 9.17) is 5.73 Å². The van der Waals surface area contributed by atoms with Crippen molar-refractivity contribution in [2.75, 3.05) is 31.1 Å². The molecule has 0 spiro atoms. The minimum atomic E-state index is 0.450. The van der Waals surface area contributed by atoms with E-state index < -0.39 is 0 Å². The number of nitrogens with two attached hydrogens (primary N) is 1. The molecule has 1 saturated heterocycles. The number of hydrogen-bond acceptors (Lipinski definition) is 4. The first kappa shape index (κ1) is 11.5.